The van der Waals surface area contributed by atoms with Gasteiger partial charge in [-0.15, -0.1) is 4.99 Å². The molecule has 1 atom stereocenters. The first kappa shape index (κ1) is 26.9. The summed E-state index contributed by atoms with van der Waals surface area (Å²) < 4.78 is 16.7. The molecule has 4 rings (SSSR count). The van der Waals surface area contributed by atoms with E-state index in [9.17, 15) is 14.7 Å². The van der Waals surface area contributed by atoms with Gasteiger partial charge in [-0.1, -0.05) is 37.2 Å². The lowest BCUT2D eigenvalue weighted by Crippen LogP contribution is -2.46. The fraction of sp³-hybridized carbons (Fsp3) is 0.444. The molecule has 3 aromatic rings. The van der Waals surface area contributed by atoms with E-state index in [0.717, 1.165) is 22.1 Å². The molecule has 0 bridgehead atoms. The number of hydrogen-bond donors (Lipinski definition) is 2. The van der Waals surface area contributed by atoms with Crippen molar-refractivity contribution in [2.45, 2.75) is 59.1 Å². The Labute approximate surface area is 220 Å². The average Bonchev–Trinajstić information content (AvgIpc) is 3.50. The lowest BCUT2D eigenvalue weighted by Gasteiger charge is -2.26. The van der Waals surface area contributed by atoms with Crippen molar-refractivity contribution in [1.82, 2.24) is 20.4 Å². The minimum absolute atomic E-state index is 0.143. The molecule has 1 aliphatic heterocycles. The molecule has 202 valence electrons. The number of amides is 2. The van der Waals surface area contributed by atoms with E-state index in [1.54, 1.807) is 25.7 Å². The second-order valence-corrected chi connectivity index (χ2v) is 10.6. The first-order chi connectivity index (χ1) is 18.0. The van der Waals surface area contributed by atoms with Gasteiger partial charge >= 0.3 is 12.2 Å². The van der Waals surface area contributed by atoms with Crippen LogP contribution in [0.4, 0.5) is 9.59 Å². The summed E-state index contributed by atoms with van der Waals surface area (Å²) in [6.45, 7) is 10.5. The van der Waals surface area contributed by atoms with Gasteiger partial charge in [0.05, 0.1) is 6.61 Å². The monoisotopic (exact) mass is 523 g/mol. The number of rotatable bonds is 5. The van der Waals surface area contributed by atoms with Crippen LogP contribution in [0.15, 0.2) is 45.9 Å². The Hall–Kier alpha value is -4.15. The summed E-state index contributed by atoms with van der Waals surface area (Å²) in [7, 11) is 0. The average molecular weight is 524 g/mol. The SMILES string of the molecule is CC(C)COc1ccc2cc(-c3noc([C@@H]4CCCN4/C(=N\C(=O)O)NC(=O)OC(C)(C)C)n3)ccc2c1. The van der Waals surface area contributed by atoms with Gasteiger partial charge in [-0.2, -0.15) is 4.98 Å². The maximum Gasteiger partial charge on any atom is 0.434 e. The van der Waals surface area contributed by atoms with Crippen LogP contribution in [0.2, 0.25) is 0 Å². The summed E-state index contributed by atoms with van der Waals surface area (Å²) >= 11 is 0. The fourth-order valence-corrected chi connectivity index (χ4v) is 4.13. The molecule has 2 aromatic carbocycles. The number of likely N-dealkylation sites (tertiary alicyclic amines) is 1. The summed E-state index contributed by atoms with van der Waals surface area (Å²) in [4.78, 5) is 33.5. The van der Waals surface area contributed by atoms with Gasteiger partial charge in [0.25, 0.3) is 0 Å². The van der Waals surface area contributed by atoms with Gasteiger partial charge in [0, 0.05) is 12.1 Å². The number of ether oxygens (including phenoxy) is 2. The van der Waals surface area contributed by atoms with Crippen molar-refractivity contribution in [3.8, 4) is 17.1 Å². The number of aliphatic imine (C=N–C) groups is 1. The highest BCUT2D eigenvalue weighted by molar-refractivity contribution is 5.98. The van der Waals surface area contributed by atoms with Gasteiger partial charge in [0.1, 0.15) is 17.4 Å². The predicted molar refractivity (Wildman–Crippen MR) is 141 cm³/mol. The first-order valence-corrected chi connectivity index (χ1v) is 12.6. The van der Waals surface area contributed by atoms with Crippen LogP contribution in [0.3, 0.4) is 0 Å². The molecule has 1 fully saturated rings. The van der Waals surface area contributed by atoms with Crippen LogP contribution in [0.1, 0.15) is 59.4 Å². The highest BCUT2D eigenvalue weighted by Crippen LogP contribution is 2.33. The van der Waals surface area contributed by atoms with Crippen LogP contribution >= 0.6 is 0 Å². The molecule has 1 aliphatic rings. The fourth-order valence-electron chi connectivity index (χ4n) is 4.13. The van der Waals surface area contributed by atoms with Crippen molar-refractivity contribution in [3.63, 3.8) is 0 Å². The number of fused-ring (bicyclic) bond motifs is 1. The van der Waals surface area contributed by atoms with Crippen molar-refractivity contribution in [2.24, 2.45) is 10.9 Å². The predicted octanol–water partition coefficient (Wildman–Crippen LogP) is 5.62. The maximum absolute atomic E-state index is 12.3. The maximum atomic E-state index is 12.3. The van der Waals surface area contributed by atoms with Crippen LogP contribution in [0.25, 0.3) is 22.2 Å². The molecule has 0 radical (unpaired) electrons. The second kappa shape index (κ2) is 11.1. The summed E-state index contributed by atoms with van der Waals surface area (Å²) in [6.07, 6.45) is -0.911. The van der Waals surface area contributed by atoms with Crippen molar-refractivity contribution in [2.75, 3.05) is 13.2 Å². The molecule has 1 saturated heterocycles. The molecule has 38 heavy (non-hydrogen) atoms. The number of carbonyl (C=O) groups excluding carboxylic acids is 1. The van der Waals surface area contributed by atoms with E-state index >= 15 is 0 Å². The van der Waals surface area contributed by atoms with E-state index in [2.05, 4.69) is 34.3 Å². The third kappa shape index (κ3) is 6.78. The molecule has 11 nitrogen and oxygen atoms in total. The Balaban J connectivity index is 1.54. The van der Waals surface area contributed by atoms with Crippen molar-refractivity contribution in [1.29, 1.82) is 0 Å². The van der Waals surface area contributed by atoms with E-state index in [0.29, 0.717) is 43.6 Å². The number of guanidine groups is 1. The summed E-state index contributed by atoms with van der Waals surface area (Å²) in [5.41, 5.74) is 0.0198. The van der Waals surface area contributed by atoms with Gasteiger partial charge in [-0.25, -0.2) is 9.59 Å². The van der Waals surface area contributed by atoms with Crippen molar-refractivity contribution >= 4 is 28.9 Å². The summed E-state index contributed by atoms with van der Waals surface area (Å²) in [6, 6.07) is 11.3. The molecule has 2 N–H and O–H groups in total. The molecule has 0 aliphatic carbocycles. The zero-order valence-corrected chi connectivity index (χ0v) is 22.2. The quantitative estimate of drug-likeness (QED) is 0.322. The molecule has 2 heterocycles. The van der Waals surface area contributed by atoms with Gasteiger partial charge in [-0.05, 0) is 68.5 Å². The van der Waals surface area contributed by atoms with Crippen LogP contribution in [0, 0.1) is 5.92 Å². The minimum Gasteiger partial charge on any atom is -0.493 e. The number of nitrogens with one attached hydrogen (secondary N) is 1. The van der Waals surface area contributed by atoms with Gasteiger partial charge in [0.15, 0.2) is 0 Å². The first-order valence-electron chi connectivity index (χ1n) is 12.6. The Morgan fingerprint density at radius 3 is 2.66 bits per heavy atom. The number of hydrogen-bond acceptors (Lipinski definition) is 7. The standard InChI is InChI=1S/C27H33N5O6/c1-16(2)15-36-20-11-10-17-13-19(9-8-18(17)14-20)22-28-23(38-31-22)21-7-6-12-32(21)24(29-25(33)34)30-26(35)37-27(3,4)5/h8-11,13-14,16,21H,6-7,12,15H2,1-5H3,(H,33,34)(H,29,30,35)/t21-/m0/s1. The van der Waals surface area contributed by atoms with E-state index < -0.39 is 23.8 Å². The number of alkyl carbamates (subject to hydrolysis) is 1. The van der Waals surface area contributed by atoms with E-state index in [4.69, 9.17) is 14.0 Å². The highest BCUT2D eigenvalue weighted by atomic mass is 16.6. The zero-order chi connectivity index (χ0) is 27.4. The lowest BCUT2D eigenvalue weighted by atomic mass is 10.1. The lowest BCUT2D eigenvalue weighted by molar-refractivity contribution is 0.0555. The van der Waals surface area contributed by atoms with Crippen LogP contribution in [-0.2, 0) is 4.74 Å². The van der Waals surface area contributed by atoms with E-state index in [1.807, 2.05) is 36.4 Å². The van der Waals surface area contributed by atoms with E-state index in [1.165, 1.54) is 0 Å². The normalized spacial score (nSPS) is 16.2. The minimum atomic E-state index is -1.44. The van der Waals surface area contributed by atoms with Gasteiger partial charge in [-0.3, -0.25) is 5.32 Å². The molecule has 1 aromatic heterocycles. The topological polar surface area (TPSA) is 139 Å². The third-order valence-electron chi connectivity index (χ3n) is 5.72. The molecule has 0 spiro atoms. The number of carboxylic acid groups (broad SMARTS) is 1. The van der Waals surface area contributed by atoms with Crippen molar-refractivity contribution in [3.05, 3.63) is 42.3 Å². The van der Waals surface area contributed by atoms with Crippen molar-refractivity contribution < 1.29 is 28.7 Å². The Bertz CT molecular complexity index is 1340. The highest BCUT2D eigenvalue weighted by Gasteiger charge is 2.35. The zero-order valence-electron chi connectivity index (χ0n) is 22.2. The molecular formula is C27H33N5O6. The number of aromatic nitrogens is 2. The molecular weight excluding hydrogens is 490 g/mol. The Morgan fingerprint density at radius 2 is 1.95 bits per heavy atom. The number of carbonyl (C=O) groups is 2. The Kier molecular flexibility index (Phi) is 7.84. The Morgan fingerprint density at radius 1 is 1.21 bits per heavy atom. The van der Waals surface area contributed by atoms with Gasteiger partial charge < -0.3 is 24.0 Å². The largest absolute Gasteiger partial charge is 0.493 e. The molecule has 11 heteroatoms. The number of benzene rings is 2. The van der Waals surface area contributed by atoms with Crippen LogP contribution in [-0.4, -0.2) is 57.0 Å². The molecule has 0 unspecified atom stereocenters. The van der Waals surface area contributed by atoms with Crippen LogP contribution in [0.5, 0.6) is 5.75 Å². The van der Waals surface area contributed by atoms with Gasteiger partial charge in [0.2, 0.25) is 17.7 Å². The summed E-state index contributed by atoms with van der Waals surface area (Å²) in [5.74, 6) is 1.83. The number of nitrogens with zero attached hydrogens (tertiary/aromatic N) is 4. The third-order valence-corrected chi connectivity index (χ3v) is 5.72. The molecule has 2 amide bonds. The second-order valence-electron chi connectivity index (χ2n) is 10.6. The molecule has 0 saturated carbocycles. The smallest absolute Gasteiger partial charge is 0.434 e. The summed E-state index contributed by atoms with van der Waals surface area (Å²) in [5, 5.41) is 17.9. The van der Waals surface area contributed by atoms with Crippen LogP contribution < -0.4 is 10.1 Å². The van der Waals surface area contributed by atoms with E-state index in [-0.39, 0.29) is 5.96 Å².